The first-order valence-electron chi connectivity index (χ1n) is 20.7. The van der Waals surface area contributed by atoms with Gasteiger partial charge in [0.25, 0.3) is 13.4 Å². The van der Waals surface area contributed by atoms with Gasteiger partial charge in [0.15, 0.2) is 0 Å². The lowest BCUT2D eigenvalue weighted by atomic mass is 9.32. The molecule has 0 bridgehead atoms. The highest BCUT2D eigenvalue weighted by molar-refractivity contribution is 8.00. The molecule has 0 aromatic heterocycles. The fourth-order valence-corrected chi connectivity index (χ4v) is 11.1. The van der Waals surface area contributed by atoms with Crippen molar-refractivity contribution >= 4 is 75.0 Å². The Morgan fingerprint density at radius 1 is 0.328 bits per heavy atom. The van der Waals surface area contributed by atoms with Gasteiger partial charge in [-0.1, -0.05) is 151 Å². The number of para-hydroxylation sites is 3. The van der Waals surface area contributed by atoms with E-state index in [0.29, 0.717) is 0 Å². The molecule has 61 heavy (non-hydrogen) atoms. The van der Waals surface area contributed by atoms with Crippen LogP contribution in [0.1, 0.15) is 0 Å². The van der Waals surface area contributed by atoms with Crippen LogP contribution in [0, 0.1) is 0 Å². The van der Waals surface area contributed by atoms with Gasteiger partial charge >= 0.3 is 0 Å². The molecule has 9 aromatic carbocycles. The van der Waals surface area contributed by atoms with Crippen LogP contribution in [0.25, 0.3) is 22.3 Å². The van der Waals surface area contributed by atoms with Crippen LogP contribution in [0.4, 0.5) is 17.1 Å². The van der Waals surface area contributed by atoms with Crippen molar-refractivity contribution in [1.29, 1.82) is 0 Å². The third kappa shape index (κ3) is 5.44. The normalized spacial score (nSPS) is 13.2. The SMILES string of the molecule is c1ccc(-c2ccccc2-c2cc3c4c(c2)Sc2ccccc2B4c2cc4c(cc2O3)Oc2cc(N(c3ccccc3)c3ccccc3)cc3c2B4c2ccccc2O3)cc1. The lowest BCUT2D eigenvalue weighted by Gasteiger charge is -2.37. The molecule has 9 aromatic rings. The molecule has 0 radical (unpaired) electrons. The molecule has 13 rings (SSSR count). The summed E-state index contributed by atoms with van der Waals surface area (Å²) in [7, 11) is 0. The maximum absolute atomic E-state index is 7.13. The Morgan fingerprint density at radius 3 is 1.54 bits per heavy atom. The molecule has 0 unspecified atom stereocenters. The highest BCUT2D eigenvalue weighted by Gasteiger charge is 2.45. The molecule has 0 fully saturated rings. The summed E-state index contributed by atoms with van der Waals surface area (Å²) in [6.07, 6.45) is 0. The molecule has 4 aliphatic heterocycles. The summed E-state index contributed by atoms with van der Waals surface area (Å²) in [5.41, 5.74) is 14.6. The average molecular weight is 798 g/mol. The smallest absolute Gasteiger partial charge is 0.260 e. The summed E-state index contributed by atoms with van der Waals surface area (Å²) in [5, 5.41) is 0. The Bertz CT molecular complexity index is 3190. The summed E-state index contributed by atoms with van der Waals surface area (Å²) < 4.78 is 21.1. The molecule has 7 heteroatoms. The van der Waals surface area contributed by atoms with Gasteiger partial charge < -0.3 is 19.1 Å². The van der Waals surface area contributed by atoms with Gasteiger partial charge in [-0.3, -0.25) is 0 Å². The van der Waals surface area contributed by atoms with Gasteiger partial charge in [-0.2, -0.15) is 0 Å². The van der Waals surface area contributed by atoms with E-state index in [1.807, 2.05) is 23.9 Å². The third-order valence-electron chi connectivity index (χ3n) is 12.5. The largest absolute Gasteiger partial charge is 0.458 e. The zero-order chi connectivity index (χ0) is 40.0. The van der Waals surface area contributed by atoms with E-state index < -0.39 is 0 Å². The van der Waals surface area contributed by atoms with Crippen LogP contribution in [-0.2, 0) is 0 Å². The predicted octanol–water partition coefficient (Wildman–Crippen LogP) is 10.3. The summed E-state index contributed by atoms with van der Waals surface area (Å²) in [5.74, 6) is 4.90. The van der Waals surface area contributed by atoms with Crippen LogP contribution in [0.5, 0.6) is 34.5 Å². The van der Waals surface area contributed by atoms with Crippen LogP contribution in [0.15, 0.2) is 210 Å². The lowest BCUT2D eigenvalue weighted by Crippen LogP contribution is -2.61. The maximum atomic E-state index is 7.13. The quantitative estimate of drug-likeness (QED) is 0.162. The Kier molecular flexibility index (Phi) is 7.69. The maximum Gasteiger partial charge on any atom is 0.260 e. The Morgan fingerprint density at radius 2 is 0.852 bits per heavy atom. The zero-order valence-electron chi connectivity index (χ0n) is 32.8. The van der Waals surface area contributed by atoms with Gasteiger partial charge in [-0.05, 0) is 92.6 Å². The minimum Gasteiger partial charge on any atom is -0.458 e. The second-order valence-corrected chi connectivity index (χ2v) is 17.0. The Balaban J connectivity index is 0.996. The summed E-state index contributed by atoms with van der Waals surface area (Å²) in [6, 6.07) is 71.0. The molecular weight excluding hydrogens is 764 g/mol. The number of ether oxygens (including phenoxy) is 3. The Labute approximate surface area is 359 Å². The first-order valence-corrected chi connectivity index (χ1v) is 21.5. The molecule has 0 aliphatic carbocycles. The van der Waals surface area contributed by atoms with Crippen molar-refractivity contribution in [1.82, 2.24) is 0 Å². The fourth-order valence-electron chi connectivity index (χ4n) is 9.86. The summed E-state index contributed by atoms with van der Waals surface area (Å²) >= 11 is 1.84. The van der Waals surface area contributed by atoms with Crippen molar-refractivity contribution in [3.63, 3.8) is 0 Å². The van der Waals surface area contributed by atoms with Crippen molar-refractivity contribution in [3.05, 3.63) is 200 Å². The number of benzene rings is 9. The molecule has 0 spiro atoms. The highest BCUT2D eigenvalue weighted by atomic mass is 32.2. The number of fused-ring (bicyclic) bond motifs is 8. The molecule has 4 nitrogen and oxygen atoms in total. The van der Waals surface area contributed by atoms with E-state index in [1.165, 1.54) is 37.4 Å². The average Bonchev–Trinajstić information content (AvgIpc) is 3.31. The summed E-state index contributed by atoms with van der Waals surface area (Å²) in [6.45, 7) is -0.121. The van der Waals surface area contributed by atoms with Crippen molar-refractivity contribution in [2.45, 2.75) is 9.79 Å². The predicted molar refractivity (Wildman–Crippen MR) is 251 cm³/mol. The van der Waals surface area contributed by atoms with Crippen LogP contribution in [0.2, 0.25) is 0 Å². The van der Waals surface area contributed by atoms with E-state index in [-0.39, 0.29) is 13.4 Å². The van der Waals surface area contributed by atoms with E-state index in [4.69, 9.17) is 14.2 Å². The van der Waals surface area contributed by atoms with Gasteiger partial charge in [-0.25, -0.2) is 0 Å². The Hall–Kier alpha value is -7.34. The molecule has 0 saturated heterocycles. The third-order valence-corrected chi connectivity index (χ3v) is 13.6. The molecule has 0 saturated carbocycles. The van der Waals surface area contributed by atoms with Gasteiger partial charge in [0.1, 0.15) is 34.5 Å². The van der Waals surface area contributed by atoms with Crippen LogP contribution in [-0.4, -0.2) is 13.4 Å². The number of hydrogen-bond acceptors (Lipinski definition) is 5. The van der Waals surface area contributed by atoms with Gasteiger partial charge in [0.05, 0.1) is 5.69 Å². The molecule has 4 heterocycles. The lowest BCUT2D eigenvalue weighted by molar-refractivity contribution is 0.456. The van der Waals surface area contributed by atoms with E-state index in [2.05, 4.69) is 193 Å². The molecule has 0 amide bonds. The van der Waals surface area contributed by atoms with E-state index in [0.717, 1.165) is 79.0 Å². The number of hydrogen-bond donors (Lipinski definition) is 0. The minimum absolute atomic E-state index is 0.0152. The standard InChI is InChI=1S/C54H33B2NO3S/c1-4-16-34(17-5-1)39-22-10-11-23-40(39)35-28-48-54-52(29-35)61-51-27-15-13-25-42(51)56(54)44-32-43-46(33-47(44)59-48)60-50-31-38(30-49-53(50)55(43)41-24-12-14-26-45(41)58-49)57(36-18-6-2-7-19-36)37-20-8-3-9-21-37/h1-33H. The van der Waals surface area contributed by atoms with Gasteiger partial charge in [0, 0.05) is 44.8 Å². The number of rotatable bonds is 5. The van der Waals surface area contributed by atoms with Crippen molar-refractivity contribution in [2.75, 3.05) is 4.90 Å². The molecular formula is C54H33B2NO3S. The van der Waals surface area contributed by atoms with Crippen molar-refractivity contribution < 1.29 is 14.2 Å². The van der Waals surface area contributed by atoms with Crippen molar-refractivity contribution in [3.8, 4) is 56.8 Å². The van der Waals surface area contributed by atoms with Gasteiger partial charge in [0.2, 0.25) is 0 Å². The second-order valence-electron chi connectivity index (χ2n) is 15.9. The van der Waals surface area contributed by atoms with Gasteiger partial charge in [-0.15, -0.1) is 0 Å². The van der Waals surface area contributed by atoms with Crippen LogP contribution >= 0.6 is 11.8 Å². The van der Waals surface area contributed by atoms with E-state index in [1.54, 1.807) is 0 Å². The fraction of sp³-hybridized carbons (Fsp3) is 0. The summed E-state index contributed by atoms with van der Waals surface area (Å²) in [4.78, 5) is 4.74. The number of nitrogens with zero attached hydrogens (tertiary/aromatic N) is 1. The second kappa shape index (κ2) is 13.6. The van der Waals surface area contributed by atoms with Crippen LogP contribution in [0.3, 0.4) is 0 Å². The first-order chi connectivity index (χ1) is 30.2. The molecule has 284 valence electrons. The number of anilines is 3. The molecule has 0 N–H and O–H groups in total. The molecule has 4 aliphatic rings. The van der Waals surface area contributed by atoms with E-state index >= 15 is 0 Å². The molecule has 0 atom stereocenters. The van der Waals surface area contributed by atoms with E-state index in [9.17, 15) is 0 Å². The first kappa shape index (κ1) is 34.5. The topological polar surface area (TPSA) is 30.9 Å². The highest BCUT2D eigenvalue weighted by Crippen LogP contribution is 2.45. The van der Waals surface area contributed by atoms with Crippen LogP contribution < -0.4 is 51.9 Å². The van der Waals surface area contributed by atoms with Crippen molar-refractivity contribution in [2.24, 2.45) is 0 Å². The zero-order valence-corrected chi connectivity index (χ0v) is 33.6. The minimum atomic E-state index is -0.106. The monoisotopic (exact) mass is 797 g/mol.